The Morgan fingerprint density at radius 2 is 1.96 bits per heavy atom. The highest BCUT2D eigenvalue weighted by atomic mass is 35.5. The summed E-state index contributed by atoms with van der Waals surface area (Å²) in [6.45, 7) is 1.55. The maximum absolute atomic E-state index is 12.7. The van der Waals surface area contributed by atoms with Crippen LogP contribution in [-0.2, 0) is 0 Å². The third-order valence-corrected chi connectivity index (χ3v) is 8.76. The molecule has 3 heterocycles. The van der Waals surface area contributed by atoms with E-state index in [0.29, 0.717) is 16.0 Å². The van der Waals surface area contributed by atoms with Crippen molar-refractivity contribution in [3.63, 3.8) is 0 Å². The van der Waals surface area contributed by atoms with Gasteiger partial charge in [0.15, 0.2) is 0 Å². The molecule has 2 aromatic heterocycles. The highest BCUT2D eigenvalue weighted by Gasteiger charge is 2.27. The molecule has 0 N–H and O–H groups in total. The van der Waals surface area contributed by atoms with Gasteiger partial charge in [-0.05, 0) is 43.4 Å². The van der Waals surface area contributed by atoms with Gasteiger partial charge in [0.1, 0.15) is 0 Å². The van der Waals surface area contributed by atoms with Crippen LogP contribution in [0.25, 0.3) is 11.3 Å². The zero-order valence-electron chi connectivity index (χ0n) is 15.2. The normalized spacial score (nSPS) is 15.2. The number of thiazole rings is 1. The average Bonchev–Trinajstić information content (AvgIpc) is 3.39. The van der Waals surface area contributed by atoms with E-state index in [-0.39, 0.29) is 5.91 Å². The van der Waals surface area contributed by atoms with Crippen LogP contribution in [0.4, 0.5) is 0 Å². The Labute approximate surface area is 186 Å². The first kappa shape index (κ1) is 20.2. The van der Waals surface area contributed by atoms with Gasteiger partial charge in [0.2, 0.25) is 0 Å². The van der Waals surface area contributed by atoms with E-state index in [0.717, 1.165) is 47.1 Å². The van der Waals surface area contributed by atoms with Crippen LogP contribution in [0.2, 0.25) is 10.0 Å². The molecule has 0 aliphatic carbocycles. The number of aromatic nitrogens is 1. The van der Waals surface area contributed by atoms with E-state index >= 15 is 0 Å². The van der Waals surface area contributed by atoms with Gasteiger partial charge in [0.25, 0.3) is 5.91 Å². The number of halogens is 2. The van der Waals surface area contributed by atoms with E-state index in [4.69, 9.17) is 28.2 Å². The molecule has 1 saturated heterocycles. The lowest BCUT2D eigenvalue weighted by molar-refractivity contribution is 0.0718. The summed E-state index contributed by atoms with van der Waals surface area (Å²) in [5.41, 5.74) is 1.91. The van der Waals surface area contributed by atoms with E-state index in [2.05, 4.69) is 5.38 Å². The average molecular weight is 469 g/mol. The lowest BCUT2D eigenvalue weighted by atomic mass is 9.97. The molecule has 0 atom stereocenters. The van der Waals surface area contributed by atoms with E-state index in [9.17, 15) is 4.79 Å². The summed E-state index contributed by atoms with van der Waals surface area (Å²) in [5.74, 6) is 0.551. The molecule has 28 heavy (non-hydrogen) atoms. The molecule has 146 valence electrons. The van der Waals surface area contributed by atoms with Gasteiger partial charge < -0.3 is 4.90 Å². The summed E-state index contributed by atoms with van der Waals surface area (Å²) in [7, 11) is 0. The third-order valence-electron chi connectivity index (χ3n) is 4.86. The van der Waals surface area contributed by atoms with Gasteiger partial charge in [0, 0.05) is 30.0 Å². The number of carbonyl (C=O) groups excluding carboxylic acids is 1. The molecular weight excluding hydrogens is 451 g/mol. The minimum atomic E-state index is 0.152. The number of hydrogen-bond donors (Lipinski definition) is 0. The molecule has 0 radical (unpaired) electrons. The molecule has 0 saturated carbocycles. The fourth-order valence-electron chi connectivity index (χ4n) is 3.29. The third kappa shape index (κ3) is 4.26. The number of thiophene rings is 1. The number of likely N-dealkylation sites (tertiary alicyclic amines) is 1. The van der Waals surface area contributed by atoms with Gasteiger partial charge in [-0.2, -0.15) is 0 Å². The number of nitrogens with zero attached hydrogens (tertiary/aromatic N) is 2. The highest BCUT2D eigenvalue weighted by molar-refractivity contribution is 8.00. The number of carbonyl (C=O) groups is 1. The van der Waals surface area contributed by atoms with Gasteiger partial charge >= 0.3 is 0 Å². The zero-order valence-corrected chi connectivity index (χ0v) is 19.1. The fraction of sp³-hybridized carbons (Fsp3) is 0.300. The van der Waals surface area contributed by atoms with Gasteiger partial charge in [0.05, 0.1) is 29.8 Å². The summed E-state index contributed by atoms with van der Waals surface area (Å²) in [4.78, 5) is 20.3. The quantitative estimate of drug-likeness (QED) is 0.389. The van der Waals surface area contributed by atoms with E-state index < -0.39 is 0 Å². The topological polar surface area (TPSA) is 33.2 Å². The Bertz CT molecular complexity index is 993. The van der Waals surface area contributed by atoms with Crippen LogP contribution in [0.5, 0.6) is 0 Å². The molecule has 8 heteroatoms. The van der Waals surface area contributed by atoms with Crippen LogP contribution < -0.4 is 0 Å². The Morgan fingerprint density at radius 3 is 2.64 bits per heavy atom. The molecule has 1 aliphatic heterocycles. The summed E-state index contributed by atoms with van der Waals surface area (Å²) in [5, 5.41) is 4.29. The number of rotatable bonds is 4. The molecule has 1 amide bonds. The molecule has 3 aromatic rings. The van der Waals surface area contributed by atoms with Crippen LogP contribution >= 0.6 is 57.6 Å². The summed E-state index contributed by atoms with van der Waals surface area (Å²) in [6, 6.07) is 9.56. The largest absolute Gasteiger partial charge is 0.338 e. The van der Waals surface area contributed by atoms with E-state index in [1.54, 1.807) is 40.5 Å². The van der Waals surface area contributed by atoms with Crippen LogP contribution in [0.3, 0.4) is 0 Å². The summed E-state index contributed by atoms with van der Waals surface area (Å²) in [6.07, 6.45) is 3.92. The van der Waals surface area contributed by atoms with Crippen molar-refractivity contribution < 1.29 is 4.79 Å². The highest BCUT2D eigenvalue weighted by Crippen LogP contribution is 2.35. The first-order chi connectivity index (χ1) is 13.5. The maximum Gasteiger partial charge on any atom is 0.263 e. The Hall–Kier alpha value is -1.05. The first-order valence-corrected chi connectivity index (χ1v) is 12.6. The van der Waals surface area contributed by atoms with Crippen LogP contribution in [-0.4, -0.2) is 35.1 Å². The van der Waals surface area contributed by atoms with E-state index in [1.165, 1.54) is 4.21 Å². The van der Waals surface area contributed by atoms with Gasteiger partial charge in [-0.15, -0.1) is 34.4 Å². The van der Waals surface area contributed by atoms with Crippen molar-refractivity contribution in [1.29, 1.82) is 0 Å². The first-order valence-electron chi connectivity index (χ1n) is 8.89. The molecule has 0 spiro atoms. The standard InChI is InChI=1S/C20H18Cl2N2OS3/c1-26-18-5-4-17(28-18)20(25)24-8-6-12(7-9-24)19-23-16(11-27-19)13-2-3-14(21)15(22)10-13/h2-5,10-12H,6-9H2,1H3. The molecule has 1 aromatic carbocycles. The summed E-state index contributed by atoms with van der Waals surface area (Å²) < 4.78 is 1.18. The van der Waals surface area contributed by atoms with Crippen molar-refractivity contribution in [2.24, 2.45) is 0 Å². The second kappa shape index (κ2) is 8.76. The van der Waals surface area contributed by atoms with Crippen molar-refractivity contribution in [1.82, 2.24) is 9.88 Å². The van der Waals surface area contributed by atoms with Crippen LogP contribution in [0.15, 0.2) is 39.9 Å². The van der Waals surface area contributed by atoms with Crippen LogP contribution in [0, 0.1) is 0 Å². The van der Waals surface area contributed by atoms with Crippen molar-refractivity contribution in [2.45, 2.75) is 23.0 Å². The number of benzene rings is 1. The number of amides is 1. The predicted molar refractivity (Wildman–Crippen MR) is 122 cm³/mol. The van der Waals surface area contributed by atoms with E-state index in [1.807, 2.05) is 35.4 Å². The minimum Gasteiger partial charge on any atom is -0.338 e. The lowest BCUT2D eigenvalue weighted by Crippen LogP contribution is -2.37. The SMILES string of the molecule is CSc1ccc(C(=O)N2CCC(c3nc(-c4ccc(Cl)c(Cl)c4)cs3)CC2)s1. The molecule has 4 rings (SSSR count). The zero-order chi connectivity index (χ0) is 19.7. The van der Waals surface area contributed by atoms with Crippen molar-refractivity contribution >= 4 is 63.5 Å². The lowest BCUT2D eigenvalue weighted by Gasteiger charge is -2.30. The molecule has 0 bridgehead atoms. The predicted octanol–water partition coefficient (Wildman–Crippen LogP) is 6.92. The fourth-order valence-corrected chi connectivity index (χ4v) is 6.10. The van der Waals surface area contributed by atoms with Gasteiger partial charge in [-0.3, -0.25) is 4.79 Å². The van der Waals surface area contributed by atoms with Crippen molar-refractivity contribution in [3.8, 4) is 11.3 Å². The molecule has 3 nitrogen and oxygen atoms in total. The second-order valence-corrected chi connectivity index (χ2v) is 10.5. The molecule has 1 fully saturated rings. The summed E-state index contributed by atoms with van der Waals surface area (Å²) >= 11 is 17.1. The van der Waals surface area contributed by atoms with Crippen LogP contribution in [0.1, 0.15) is 33.4 Å². The second-order valence-electron chi connectivity index (χ2n) is 6.59. The molecule has 0 unspecified atom stereocenters. The Kier molecular flexibility index (Phi) is 6.33. The number of thioether (sulfide) groups is 1. The van der Waals surface area contributed by atoms with Gasteiger partial charge in [-0.1, -0.05) is 29.3 Å². The van der Waals surface area contributed by atoms with Crippen molar-refractivity contribution in [3.05, 3.63) is 55.6 Å². The molecular formula is C20H18Cl2N2OS3. The molecule has 1 aliphatic rings. The number of hydrogen-bond acceptors (Lipinski definition) is 5. The number of piperidine rings is 1. The monoisotopic (exact) mass is 468 g/mol. The van der Waals surface area contributed by atoms with Crippen molar-refractivity contribution in [2.75, 3.05) is 19.3 Å². The minimum absolute atomic E-state index is 0.152. The smallest absolute Gasteiger partial charge is 0.263 e. The van der Waals surface area contributed by atoms with Gasteiger partial charge in [-0.25, -0.2) is 4.98 Å². The maximum atomic E-state index is 12.7. The Morgan fingerprint density at radius 1 is 1.18 bits per heavy atom. The Balaban J connectivity index is 1.40.